The summed E-state index contributed by atoms with van der Waals surface area (Å²) in [4.78, 5) is 17.1. The lowest BCUT2D eigenvalue weighted by Gasteiger charge is -2.19. The molecule has 0 aliphatic rings. The van der Waals surface area contributed by atoms with E-state index in [4.69, 9.17) is 34.2 Å². The topological polar surface area (TPSA) is 66.8 Å². The second kappa shape index (κ2) is 6.09. The van der Waals surface area contributed by atoms with Crippen LogP contribution in [0.5, 0.6) is 0 Å². The molecule has 0 heterocycles. The molecule has 0 aromatic heterocycles. The van der Waals surface area contributed by atoms with Gasteiger partial charge in [0.2, 0.25) is 0 Å². The predicted molar refractivity (Wildman–Crippen MR) is 53.5 cm³/mol. The maximum Gasteiger partial charge on any atom is 0.469 e. The predicted octanol–water partition coefficient (Wildman–Crippen LogP) is 1.12. The summed E-state index contributed by atoms with van der Waals surface area (Å²) in [6.45, 7) is 0. The van der Waals surface area contributed by atoms with Gasteiger partial charge in [-0.1, -0.05) is 0 Å². The lowest BCUT2D eigenvalue weighted by molar-refractivity contribution is 0.133. The van der Waals surface area contributed by atoms with Crippen molar-refractivity contribution in [2.45, 2.75) is 24.3 Å². The van der Waals surface area contributed by atoms with Crippen LogP contribution in [-0.4, -0.2) is 21.3 Å². The molecule has 0 amide bonds. The third-order valence-corrected chi connectivity index (χ3v) is 2.29. The number of terminal acetylenes is 2. The average molecular weight is 237 g/mol. The second-order valence-corrected chi connectivity index (χ2v) is 4.22. The zero-order chi connectivity index (χ0) is 11.2. The van der Waals surface area contributed by atoms with Crippen LogP contribution in [0.3, 0.4) is 0 Å². The van der Waals surface area contributed by atoms with Gasteiger partial charge in [-0.15, -0.1) is 36.3 Å². The van der Waals surface area contributed by atoms with Gasteiger partial charge in [0.25, 0.3) is 0 Å². The quantitative estimate of drug-likeness (QED) is 0.426. The number of alkyl halides is 1. The van der Waals surface area contributed by atoms with Crippen LogP contribution in [0.1, 0.15) is 12.8 Å². The molecule has 0 aromatic carbocycles. The fourth-order valence-electron chi connectivity index (χ4n) is 0.768. The molecule has 0 saturated carbocycles. The van der Waals surface area contributed by atoms with Crippen LogP contribution in [-0.2, 0) is 9.09 Å². The van der Waals surface area contributed by atoms with Gasteiger partial charge in [0.05, 0.1) is 11.5 Å². The molecule has 0 bridgehead atoms. The summed E-state index contributed by atoms with van der Waals surface area (Å²) in [7, 11) is -4.58. The van der Waals surface area contributed by atoms with Crippen molar-refractivity contribution in [1.82, 2.24) is 0 Å². The van der Waals surface area contributed by atoms with Gasteiger partial charge in [0.1, 0.15) is 0 Å². The van der Waals surface area contributed by atoms with Crippen molar-refractivity contribution in [3.63, 3.8) is 0 Å². The van der Waals surface area contributed by atoms with Crippen molar-refractivity contribution in [3.05, 3.63) is 0 Å². The van der Waals surface area contributed by atoms with Gasteiger partial charge in [-0.05, 0) is 0 Å². The molecular formula is C8H10ClO4P. The minimum atomic E-state index is -4.58. The molecule has 0 saturated heterocycles. The van der Waals surface area contributed by atoms with Crippen LogP contribution in [0, 0.1) is 24.7 Å². The van der Waals surface area contributed by atoms with E-state index in [1.807, 2.05) is 0 Å². The Bertz CT molecular complexity index is 297. The molecule has 0 aliphatic heterocycles. The molecule has 0 spiro atoms. The number of phosphoric acid groups is 1. The van der Waals surface area contributed by atoms with Crippen molar-refractivity contribution >= 4 is 19.4 Å². The van der Waals surface area contributed by atoms with Gasteiger partial charge in [-0.2, -0.15) is 0 Å². The minimum Gasteiger partial charge on any atom is -0.303 e. The molecule has 14 heavy (non-hydrogen) atoms. The molecule has 4 nitrogen and oxygen atoms in total. The molecular weight excluding hydrogens is 227 g/mol. The van der Waals surface area contributed by atoms with Crippen molar-refractivity contribution in [3.8, 4) is 24.7 Å². The van der Waals surface area contributed by atoms with Crippen molar-refractivity contribution in [2.75, 3.05) is 0 Å². The summed E-state index contributed by atoms with van der Waals surface area (Å²) < 4.78 is 14.9. The fraction of sp³-hybridized carbons (Fsp3) is 0.500. The molecule has 0 rings (SSSR count). The Hall–Kier alpha value is -0.480. The van der Waals surface area contributed by atoms with Crippen LogP contribution in [0.25, 0.3) is 0 Å². The lowest BCUT2D eigenvalue weighted by Crippen LogP contribution is -2.23. The highest BCUT2D eigenvalue weighted by Crippen LogP contribution is 2.39. The van der Waals surface area contributed by atoms with E-state index in [0.717, 1.165) is 0 Å². The molecule has 0 aromatic rings. The SMILES string of the molecule is C#CCC(Cl)C(CC#C)OP(=O)(O)O. The largest absolute Gasteiger partial charge is 0.469 e. The first-order valence-corrected chi connectivity index (χ1v) is 5.62. The van der Waals surface area contributed by atoms with Gasteiger partial charge in [-0.25, -0.2) is 4.57 Å². The first kappa shape index (κ1) is 13.5. The molecule has 2 atom stereocenters. The molecule has 2 N–H and O–H groups in total. The van der Waals surface area contributed by atoms with E-state index in [0.29, 0.717) is 0 Å². The summed E-state index contributed by atoms with van der Waals surface area (Å²) >= 11 is 5.73. The maximum atomic E-state index is 10.5. The molecule has 2 unspecified atom stereocenters. The summed E-state index contributed by atoms with van der Waals surface area (Å²) in [6.07, 6.45) is 9.18. The zero-order valence-corrected chi connectivity index (χ0v) is 8.91. The Morgan fingerprint density at radius 3 is 2.21 bits per heavy atom. The smallest absolute Gasteiger partial charge is 0.303 e. The van der Waals surface area contributed by atoms with E-state index in [1.165, 1.54) is 0 Å². The number of hydrogen-bond donors (Lipinski definition) is 2. The fourth-order valence-corrected chi connectivity index (χ4v) is 1.64. The number of rotatable bonds is 5. The van der Waals surface area contributed by atoms with Crippen LogP contribution >= 0.6 is 19.4 Å². The standard InChI is InChI=1S/C8H10ClO4P/c1-3-5-7(9)8(6-4-2)13-14(10,11)12/h1-2,7-8H,5-6H2,(H2,10,11,12). The lowest BCUT2D eigenvalue weighted by atomic mass is 10.1. The highest BCUT2D eigenvalue weighted by Gasteiger charge is 2.27. The van der Waals surface area contributed by atoms with E-state index in [2.05, 4.69) is 16.4 Å². The Labute approximate surface area is 87.8 Å². The molecule has 0 fully saturated rings. The van der Waals surface area contributed by atoms with Crippen LogP contribution in [0.2, 0.25) is 0 Å². The Morgan fingerprint density at radius 1 is 1.36 bits per heavy atom. The molecule has 6 heteroatoms. The first-order valence-electron chi connectivity index (χ1n) is 3.65. The number of phosphoric ester groups is 1. The Kier molecular flexibility index (Phi) is 5.88. The normalized spacial score (nSPS) is 15.2. The van der Waals surface area contributed by atoms with E-state index in [9.17, 15) is 4.57 Å². The van der Waals surface area contributed by atoms with Gasteiger partial charge in [0.15, 0.2) is 0 Å². The third-order valence-electron chi connectivity index (χ3n) is 1.31. The van der Waals surface area contributed by atoms with Gasteiger partial charge in [-0.3, -0.25) is 4.52 Å². The summed E-state index contributed by atoms with van der Waals surface area (Å²) in [5.41, 5.74) is 0. The minimum absolute atomic E-state index is 0.000949. The highest BCUT2D eigenvalue weighted by molar-refractivity contribution is 7.46. The Morgan fingerprint density at radius 2 is 1.86 bits per heavy atom. The summed E-state index contributed by atoms with van der Waals surface area (Å²) in [5.74, 6) is 4.47. The monoisotopic (exact) mass is 236 g/mol. The number of halogens is 1. The zero-order valence-electron chi connectivity index (χ0n) is 7.26. The van der Waals surface area contributed by atoms with Gasteiger partial charge >= 0.3 is 7.82 Å². The van der Waals surface area contributed by atoms with Crippen LogP contribution in [0.4, 0.5) is 0 Å². The van der Waals surface area contributed by atoms with E-state index >= 15 is 0 Å². The molecule has 0 radical (unpaired) electrons. The second-order valence-electron chi connectivity index (χ2n) is 2.47. The van der Waals surface area contributed by atoms with Crippen molar-refractivity contribution in [1.29, 1.82) is 0 Å². The van der Waals surface area contributed by atoms with Crippen molar-refractivity contribution in [2.24, 2.45) is 0 Å². The van der Waals surface area contributed by atoms with Crippen molar-refractivity contribution < 1.29 is 18.9 Å². The number of hydrogen-bond acceptors (Lipinski definition) is 2. The summed E-state index contributed by atoms with van der Waals surface area (Å²) in [6, 6.07) is 0. The third kappa shape index (κ3) is 6.05. The van der Waals surface area contributed by atoms with Gasteiger partial charge < -0.3 is 9.79 Å². The maximum absolute atomic E-state index is 10.5. The van der Waals surface area contributed by atoms with E-state index < -0.39 is 19.3 Å². The van der Waals surface area contributed by atoms with Gasteiger partial charge in [0, 0.05) is 12.8 Å². The molecule has 78 valence electrons. The summed E-state index contributed by atoms with van der Waals surface area (Å²) in [5, 5.41) is -0.705. The first-order chi connectivity index (χ1) is 6.40. The van der Waals surface area contributed by atoms with E-state index in [-0.39, 0.29) is 12.8 Å². The highest BCUT2D eigenvalue weighted by atomic mass is 35.5. The van der Waals surface area contributed by atoms with Crippen LogP contribution < -0.4 is 0 Å². The van der Waals surface area contributed by atoms with Crippen LogP contribution in [0.15, 0.2) is 0 Å². The molecule has 0 aliphatic carbocycles. The van der Waals surface area contributed by atoms with E-state index in [1.54, 1.807) is 0 Å². The Balaban J connectivity index is 4.39. The average Bonchev–Trinajstić information content (AvgIpc) is 2.01.